The maximum absolute atomic E-state index is 13.5. The Labute approximate surface area is 297 Å². The Kier molecular flexibility index (Phi) is 22.4. The third-order valence-corrected chi connectivity index (χ3v) is 8.24. The molecule has 1 rings (SSSR count). The molecule has 0 aliphatic rings. The molecule has 0 aliphatic carbocycles. The van der Waals surface area contributed by atoms with Gasteiger partial charge in [-0.1, -0.05) is 65.0 Å². The summed E-state index contributed by atoms with van der Waals surface area (Å²) in [5.74, 6) is -3.76. The molecule has 0 aromatic heterocycles. The molecule has 0 unspecified atom stereocenters. The van der Waals surface area contributed by atoms with Crippen molar-refractivity contribution in [2.75, 3.05) is 39.6 Å². The van der Waals surface area contributed by atoms with Gasteiger partial charge in [0.15, 0.2) is 23.3 Å². The van der Waals surface area contributed by atoms with Crippen LogP contribution in [0.4, 0.5) is 0 Å². The van der Waals surface area contributed by atoms with E-state index in [0.29, 0.717) is 25.6 Å². The lowest BCUT2D eigenvalue weighted by molar-refractivity contribution is -0.136. The normalized spacial score (nSPS) is 13.7. The van der Waals surface area contributed by atoms with Crippen molar-refractivity contribution < 1.29 is 38.6 Å². The fourth-order valence-electron chi connectivity index (χ4n) is 5.34. The Morgan fingerprint density at radius 1 is 0.820 bits per heavy atom. The zero-order chi connectivity index (χ0) is 37.5. The van der Waals surface area contributed by atoms with E-state index in [1.165, 1.54) is 0 Å². The highest BCUT2D eigenvalue weighted by atomic mass is 16.5. The Morgan fingerprint density at radius 3 is 2.08 bits per heavy atom. The number of carbonyl (C=O) groups is 5. The van der Waals surface area contributed by atoms with Crippen LogP contribution in [0.5, 0.6) is 0 Å². The molecule has 0 heterocycles. The molecule has 4 atom stereocenters. The smallest absolute Gasteiger partial charge is 0.226 e. The summed E-state index contributed by atoms with van der Waals surface area (Å²) in [6.45, 7) is 10.2. The number of ether oxygens (including phenoxy) is 2. The maximum Gasteiger partial charge on any atom is 0.226 e. The van der Waals surface area contributed by atoms with Gasteiger partial charge in [-0.2, -0.15) is 0 Å². The van der Waals surface area contributed by atoms with Crippen molar-refractivity contribution in [2.24, 2.45) is 40.1 Å². The highest BCUT2D eigenvalue weighted by molar-refractivity contribution is 5.95. The van der Waals surface area contributed by atoms with Crippen molar-refractivity contribution in [3.05, 3.63) is 35.9 Å². The topological polar surface area (TPSA) is 212 Å². The van der Waals surface area contributed by atoms with Gasteiger partial charge in [0.25, 0.3) is 0 Å². The van der Waals surface area contributed by atoms with Crippen molar-refractivity contribution in [3.63, 3.8) is 0 Å². The van der Waals surface area contributed by atoms with Crippen molar-refractivity contribution >= 4 is 35.1 Å². The molecule has 282 valence electrons. The first-order chi connectivity index (χ1) is 23.8. The van der Waals surface area contributed by atoms with Gasteiger partial charge in [-0.05, 0) is 49.5 Å². The highest BCUT2D eigenvalue weighted by Crippen LogP contribution is 2.17. The number of benzene rings is 1. The number of nitrogens with two attached hydrogens (primary N) is 2. The fourth-order valence-corrected chi connectivity index (χ4v) is 5.34. The van der Waals surface area contributed by atoms with Crippen LogP contribution < -0.4 is 22.1 Å². The number of carbonyl (C=O) groups excluding carboxylic acids is 5. The molecular weight excluding hydrogens is 642 g/mol. The molecule has 2 amide bonds. The second-order valence-electron chi connectivity index (χ2n) is 13.4. The predicted molar refractivity (Wildman–Crippen MR) is 193 cm³/mol. The van der Waals surface area contributed by atoms with Crippen molar-refractivity contribution in [1.29, 1.82) is 0 Å². The molecule has 7 N–H and O–H groups in total. The Bertz CT molecular complexity index is 1200. The summed E-state index contributed by atoms with van der Waals surface area (Å²) >= 11 is 0. The summed E-state index contributed by atoms with van der Waals surface area (Å²) in [4.78, 5) is 69.7. The molecule has 0 bridgehead atoms. The van der Waals surface area contributed by atoms with Crippen molar-refractivity contribution in [2.45, 2.75) is 98.1 Å². The Morgan fingerprint density at radius 2 is 1.48 bits per heavy atom. The summed E-state index contributed by atoms with van der Waals surface area (Å²) in [6.07, 6.45) is 2.74. The van der Waals surface area contributed by atoms with Crippen LogP contribution >= 0.6 is 0 Å². The number of amides is 2. The zero-order valence-corrected chi connectivity index (χ0v) is 30.7. The van der Waals surface area contributed by atoms with E-state index in [1.54, 1.807) is 20.8 Å². The van der Waals surface area contributed by atoms with Gasteiger partial charge in [-0.15, -0.1) is 0 Å². The minimum Gasteiger partial charge on any atom is -0.396 e. The van der Waals surface area contributed by atoms with Crippen LogP contribution in [0, 0.1) is 23.7 Å². The Hall–Kier alpha value is -3.68. The van der Waals surface area contributed by atoms with Gasteiger partial charge in [-0.25, -0.2) is 0 Å². The number of ketones is 3. The van der Waals surface area contributed by atoms with E-state index in [4.69, 9.17) is 20.9 Å². The fraction of sp³-hybridized carbons (Fsp3) is 0.676. The lowest BCUT2D eigenvalue weighted by Crippen LogP contribution is -2.49. The molecule has 0 saturated heterocycles. The first-order valence-electron chi connectivity index (χ1n) is 17.8. The summed E-state index contributed by atoms with van der Waals surface area (Å²) in [6, 6.07) is 7.43. The van der Waals surface area contributed by atoms with E-state index in [0.717, 1.165) is 18.4 Å². The largest absolute Gasteiger partial charge is 0.396 e. The molecule has 0 radical (unpaired) electrons. The van der Waals surface area contributed by atoms with Crippen LogP contribution in [-0.2, 0) is 39.9 Å². The average Bonchev–Trinajstić information content (AvgIpc) is 3.07. The number of guanidine groups is 1. The molecule has 50 heavy (non-hydrogen) atoms. The Balaban J connectivity index is 2.88. The standard InChI is InChI=1S/C37H61N5O8/c1-6-32(45)31(20-27-13-8-7-9-14-27)41-36(48)29(23-43)22-33(46)34(26(4)5)42-35(47)28(15-10-16-40-37(38)39)21-30(44)24-50-19-18-49-17-11-12-25(2)3/h7-9,13-14,25-26,28-29,31,34,43H,6,10-12,15-24H2,1-5H3,(H,41,48)(H,42,47)(H4,38,39,40)/t28-,29+,31+,34+/m1/s1. The van der Waals surface area contributed by atoms with E-state index in [-0.39, 0.29) is 75.3 Å². The minimum absolute atomic E-state index is 0.0831. The number of nitrogens with one attached hydrogen (secondary N) is 2. The van der Waals surface area contributed by atoms with Crippen LogP contribution in [0.15, 0.2) is 35.3 Å². The summed E-state index contributed by atoms with van der Waals surface area (Å²) in [5, 5.41) is 15.6. The quantitative estimate of drug-likeness (QED) is 0.0489. The monoisotopic (exact) mass is 703 g/mol. The number of hydrogen-bond acceptors (Lipinski definition) is 9. The van der Waals surface area contributed by atoms with Gasteiger partial charge in [0, 0.05) is 38.3 Å². The molecule has 13 nitrogen and oxygen atoms in total. The second-order valence-corrected chi connectivity index (χ2v) is 13.4. The van der Waals surface area contributed by atoms with E-state index in [1.807, 2.05) is 30.3 Å². The number of aliphatic hydroxyl groups excluding tert-OH is 1. The van der Waals surface area contributed by atoms with E-state index in [9.17, 15) is 29.1 Å². The minimum atomic E-state index is -1.13. The van der Waals surface area contributed by atoms with Crippen LogP contribution in [0.25, 0.3) is 0 Å². The van der Waals surface area contributed by atoms with Crippen LogP contribution in [0.3, 0.4) is 0 Å². The highest BCUT2D eigenvalue weighted by Gasteiger charge is 2.33. The lowest BCUT2D eigenvalue weighted by Gasteiger charge is -2.26. The van der Waals surface area contributed by atoms with Gasteiger partial charge in [0.05, 0.1) is 37.8 Å². The lowest BCUT2D eigenvalue weighted by atomic mass is 9.90. The van der Waals surface area contributed by atoms with Crippen LogP contribution in [0.2, 0.25) is 0 Å². The summed E-state index contributed by atoms with van der Waals surface area (Å²) < 4.78 is 11.0. The molecule has 0 fully saturated rings. The number of aliphatic hydroxyl groups is 1. The number of hydrogen-bond donors (Lipinski definition) is 5. The molecule has 0 saturated carbocycles. The van der Waals surface area contributed by atoms with Crippen molar-refractivity contribution in [3.8, 4) is 0 Å². The molecular formula is C37H61N5O8. The van der Waals surface area contributed by atoms with E-state index in [2.05, 4.69) is 29.5 Å². The van der Waals surface area contributed by atoms with E-state index >= 15 is 0 Å². The number of Topliss-reactive ketones (excluding diaryl/α,β-unsaturated/α-hetero) is 3. The average molecular weight is 704 g/mol. The van der Waals surface area contributed by atoms with Crippen molar-refractivity contribution in [1.82, 2.24) is 10.6 Å². The SMILES string of the molecule is CCC(=O)[C@H](Cc1ccccc1)NC(=O)[C@H](CO)CC(=O)[C@@H](NC(=O)[C@H](CCCN=C(N)N)CC(=O)COCCOCCCC(C)C)C(C)C. The molecule has 1 aromatic carbocycles. The summed E-state index contributed by atoms with van der Waals surface area (Å²) in [5.41, 5.74) is 11.7. The number of nitrogens with zero attached hydrogens (tertiary/aromatic N) is 1. The van der Waals surface area contributed by atoms with E-state index < -0.39 is 48.1 Å². The number of rotatable bonds is 28. The predicted octanol–water partition coefficient (Wildman–Crippen LogP) is 2.50. The van der Waals surface area contributed by atoms with Gasteiger partial charge in [-0.3, -0.25) is 29.0 Å². The zero-order valence-electron chi connectivity index (χ0n) is 30.7. The second kappa shape index (κ2) is 25.3. The van der Waals surface area contributed by atoms with Gasteiger partial charge in [0.1, 0.15) is 6.61 Å². The van der Waals surface area contributed by atoms with Gasteiger partial charge >= 0.3 is 0 Å². The molecule has 13 heteroatoms. The van der Waals surface area contributed by atoms with Crippen LogP contribution in [0.1, 0.15) is 85.1 Å². The first-order valence-corrected chi connectivity index (χ1v) is 17.8. The maximum atomic E-state index is 13.5. The first kappa shape index (κ1) is 44.3. The van der Waals surface area contributed by atoms with Crippen LogP contribution in [-0.4, -0.2) is 91.9 Å². The van der Waals surface area contributed by atoms with Gasteiger partial charge < -0.3 is 36.7 Å². The molecule has 0 spiro atoms. The van der Waals surface area contributed by atoms with Gasteiger partial charge in [0.2, 0.25) is 11.8 Å². The number of aliphatic imine (C=N–C) groups is 1. The summed E-state index contributed by atoms with van der Waals surface area (Å²) in [7, 11) is 0. The third-order valence-electron chi connectivity index (χ3n) is 8.24. The molecule has 0 aliphatic heterocycles. The third kappa shape index (κ3) is 18.9. The molecule has 1 aromatic rings.